The molecule has 0 aliphatic carbocycles. The maximum absolute atomic E-state index is 12.3. The van der Waals surface area contributed by atoms with Crippen LogP contribution in [-0.2, 0) is 26.0 Å². The van der Waals surface area contributed by atoms with Gasteiger partial charge in [0.05, 0.1) is 11.9 Å². The van der Waals surface area contributed by atoms with Crippen LogP contribution in [0.1, 0.15) is 32.3 Å². The molecule has 1 rings (SSSR count). The first-order chi connectivity index (χ1) is 10.6. The van der Waals surface area contributed by atoms with Gasteiger partial charge in [0, 0.05) is 19.1 Å². The quantitative estimate of drug-likeness (QED) is 0.676. The largest absolute Gasteiger partial charge is 0.481 e. The predicted octanol–water partition coefficient (Wildman–Crippen LogP) is 1.81. The second-order valence-corrected chi connectivity index (χ2v) is 7.98. The Morgan fingerprint density at radius 2 is 1.91 bits per heavy atom. The van der Waals surface area contributed by atoms with Crippen LogP contribution >= 0.6 is 0 Å². The Morgan fingerprint density at radius 3 is 2.43 bits per heavy atom. The van der Waals surface area contributed by atoms with E-state index in [2.05, 4.69) is 4.72 Å². The fourth-order valence-electron chi connectivity index (χ4n) is 2.27. The lowest BCUT2D eigenvalue weighted by atomic mass is 10.0. The average Bonchev–Trinajstić information content (AvgIpc) is 2.44. The molecule has 0 heterocycles. The molecule has 1 unspecified atom stereocenters. The van der Waals surface area contributed by atoms with Gasteiger partial charge in [0.2, 0.25) is 10.0 Å². The van der Waals surface area contributed by atoms with Crippen molar-refractivity contribution in [3.63, 3.8) is 0 Å². The number of carboxylic acid groups (broad SMARTS) is 1. The van der Waals surface area contributed by atoms with E-state index < -0.39 is 27.6 Å². The SMILES string of the molecule is COC(Cc1ccccc1)CS(=O)(=O)NC(C)(C)CCC(=O)O. The second-order valence-electron chi connectivity index (χ2n) is 6.21. The molecule has 0 amide bonds. The minimum absolute atomic E-state index is 0.0900. The highest BCUT2D eigenvalue weighted by atomic mass is 32.2. The highest BCUT2D eigenvalue weighted by Crippen LogP contribution is 2.14. The van der Waals surface area contributed by atoms with Crippen LogP contribution in [-0.4, -0.2) is 44.0 Å². The fourth-order valence-corrected chi connectivity index (χ4v) is 4.04. The number of ether oxygens (including phenoxy) is 1. The lowest BCUT2D eigenvalue weighted by Crippen LogP contribution is -2.46. The Balaban J connectivity index is 2.66. The van der Waals surface area contributed by atoms with Crippen LogP contribution in [0.5, 0.6) is 0 Å². The molecule has 0 radical (unpaired) electrons. The summed E-state index contributed by atoms with van der Waals surface area (Å²) in [6.45, 7) is 3.35. The summed E-state index contributed by atoms with van der Waals surface area (Å²) in [6, 6.07) is 9.52. The first-order valence-corrected chi connectivity index (χ1v) is 9.09. The molecular weight excluding hydrogens is 318 g/mol. The molecule has 0 saturated heterocycles. The molecule has 1 aromatic rings. The maximum Gasteiger partial charge on any atom is 0.303 e. The van der Waals surface area contributed by atoms with Gasteiger partial charge in [-0.15, -0.1) is 0 Å². The number of sulfonamides is 1. The monoisotopic (exact) mass is 343 g/mol. The van der Waals surface area contributed by atoms with Crippen LogP contribution in [0.2, 0.25) is 0 Å². The minimum atomic E-state index is -3.59. The maximum atomic E-state index is 12.3. The van der Waals surface area contributed by atoms with E-state index in [-0.39, 0.29) is 18.6 Å². The number of aliphatic carboxylic acids is 1. The molecule has 0 saturated carbocycles. The van der Waals surface area contributed by atoms with Gasteiger partial charge in [-0.2, -0.15) is 0 Å². The van der Waals surface area contributed by atoms with Crippen LogP contribution in [0.3, 0.4) is 0 Å². The molecule has 1 aromatic carbocycles. The summed E-state index contributed by atoms with van der Waals surface area (Å²) in [6.07, 6.45) is 0.157. The first-order valence-electron chi connectivity index (χ1n) is 7.44. The van der Waals surface area contributed by atoms with Gasteiger partial charge in [0.1, 0.15) is 0 Å². The average molecular weight is 343 g/mol. The van der Waals surface area contributed by atoms with E-state index in [1.165, 1.54) is 7.11 Å². The number of carbonyl (C=O) groups is 1. The van der Waals surface area contributed by atoms with E-state index in [1.54, 1.807) is 13.8 Å². The summed E-state index contributed by atoms with van der Waals surface area (Å²) in [5.41, 5.74) is 0.183. The number of benzene rings is 1. The summed E-state index contributed by atoms with van der Waals surface area (Å²) in [4.78, 5) is 10.6. The van der Waals surface area contributed by atoms with Gasteiger partial charge < -0.3 is 9.84 Å². The number of hydrogen-bond acceptors (Lipinski definition) is 4. The standard InChI is InChI=1S/C16H25NO5S/c1-16(2,10-9-15(18)19)17-23(20,21)12-14(22-3)11-13-7-5-4-6-8-13/h4-8,14,17H,9-12H2,1-3H3,(H,18,19). The van der Waals surface area contributed by atoms with Crippen LogP contribution in [0, 0.1) is 0 Å². The Labute approximate surface area is 137 Å². The van der Waals surface area contributed by atoms with Crippen LogP contribution in [0.15, 0.2) is 30.3 Å². The Kier molecular flexibility index (Phi) is 7.18. The van der Waals surface area contributed by atoms with Crippen molar-refractivity contribution in [2.75, 3.05) is 12.9 Å². The molecule has 1 atom stereocenters. The number of methoxy groups -OCH3 is 1. The molecule has 0 aromatic heterocycles. The topological polar surface area (TPSA) is 92.7 Å². The van der Waals surface area contributed by atoms with E-state index in [1.807, 2.05) is 30.3 Å². The molecule has 2 N–H and O–H groups in total. The molecule has 130 valence electrons. The summed E-state index contributed by atoms with van der Waals surface area (Å²) in [5, 5.41) is 8.73. The normalized spacial score (nSPS) is 13.7. The molecule has 0 aliphatic heterocycles. The van der Waals surface area contributed by atoms with Crippen molar-refractivity contribution in [3.05, 3.63) is 35.9 Å². The molecule has 6 nitrogen and oxygen atoms in total. The van der Waals surface area contributed by atoms with Crippen LogP contribution in [0.4, 0.5) is 0 Å². The van der Waals surface area contributed by atoms with Crippen molar-refractivity contribution >= 4 is 16.0 Å². The van der Waals surface area contributed by atoms with Gasteiger partial charge in [-0.3, -0.25) is 4.79 Å². The van der Waals surface area contributed by atoms with Gasteiger partial charge in [0.15, 0.2) is 0 Å². The third-order valence-corrected chi connectivity index (χ3v) is 5.11. The molecule has 0 spiro atoms. The van der Waals surface area contributed by atoms with Crippen molar-refractivity contribution in [2.45, 2.75) is 44.8 Å². The Hall–Kier alpha value is -1.44. The number of rotatable bonds is 10. The highest BCUT2D eigenvalue weighted by molar-refractivity contribution is 7.89. The molecule has 7 heteroatoms. The summed E-state index contributed by atoms with van der Waals surface area (Å²) >= 11 is 0. The Morgan fingerprint density at radius 1 is 1.30 bits per heavy atom. The van der Waals surface area contributed by atoms with Crippen molar-refractivity contribution in [1.82, 2.24) is 4.72 Å². The molecule has 0 aliphatic rings. The van der Waals surface area contributed by atoms with Crippen molar-refractivity contribution in [1.29, 1.82) is 0 Å². The smallest absolute Gasteiger partial charge is 0.303 e. The van der Waals surface area contributed by atoms with E-state index in [4.69, 9.17) is 9.84 Å². The number of hydrogen-bond donors (Lipinski definition) is 2. The minimum Gasteiger partial charge on any atom is -0.481 e. The predicted molar refractivity (Wildman–Crippen MR) is 88.8 cm³/mol. The van der Waals surface area contributed by atoms with Crippen LogP contribution < -0.4 is 4.72 Å². The van der Waals surface area contributed by atoms with Crippen molar-refractivity contribution in [3.8, 4) is 0 Å². The van der Waals surface area contributed by atoms with E-state index >= 15 is 0 Å². The first kappa shape index (κ1) is 19.6. The van der Waals surface area contributed by atoms with Gasteiger partial charge in [-0.25, -0.2) is 13.1 Å². The number of nitrogens with one attached hydrogen (secondary N) is 1. The summed E-state index contributed by atoms with van der Waals surface area (Å²) in [5.74, 6) is -1.12. The van der Waals surface area contributed by atoms with Gasteiger partial charge in [-0.05, 0) is 32.3 Å². The zero-order valence-electron chi connectivity index (χ0n) is 13.8. The zero-order chi connectivity index (χ0) is 17.5. The van der Waals surface area contributed by atoms with Gasteiger partial charge in [0.25, 0.3) is 0 Å². The van der Waals surface area contributed by atoms with Gasteiger partial charge in [-0.1, -0.05) is 30.3 Å². The third-order valence-electron chi connectivity index (χ3n) is 3.44. The van der Waals surface area contributed by atoms with Gasteiger partial charge >= 0.3 is 5.97 Å². The van der Waals surface area contributed by atoms with Crippen LogP contribution in [0.25, 0.3) is 0 Å². The fraction of sp³-hybridized carbons (Fsp3) is 0.562. The molecule has 23 heavy (non-hydrogen) atoms. The lowest BCUT2D eigenvalue weighted by Gasteiger charge is -2.26. The summed E-state index contributed by atoms with van der Waals surface area (Å²) < 4.78 is 32.5. The highest BCUT2D eigenvalue weighted by Gasteiger charge is 2.28. The lowest BCUT2D eigenvalue weighted by molar-refractivity contribution is -0.137. The second kappa shape index (κ2) is 8.42. The number of carboxylic acids is 1. The van der Waals surface area contributed by atoms with Crippen molar-refractivity contribution < 1.29 is 23.1 Å². The van der Waals surface area contributed by atoms with Crippen molar-refractivity contribution in [2.24, 2.45) is 0 Å². The molecule has 0 bridgehead atoms. The van der Waals surface area contributed by atoms with E-state index in [9.17, 15) is 13.2 Å². The van der Waals surface area contributed by atoms with E-state index in [0.29, 0.717) is 6.42 Å². The molecule has 0 fully saturated rings. The third kappa shape index (κ3) is 8.11. The molecular formula is C16H25NO5S. The zero-order valence-corrected chi connectivity index (χ0v) is 14.6. The Bertz CT molecular complexity index is 598. The summed E-state index contributed by atoms with van der Waals surface area (Å²) in [7, 11) is -2.10. The van der Waals surface area contributed by atoms with E-state index in [0.717, 1.165) is 5.56 Å².